The average Bonchev–Trinajstić information content (AvgIpc) is 2.76. The summed E-state index contributed by atoms with van der Waals surface area (Å²) in [6.07, 6.45) is 0.623. The minimum atomic E-state index is -0.372. The Hall–Kier alpha value is -1.53. The van der Waals surface area contributed by atoms with Crippen LogP contribution in [0.5, 0.6) is 5.75 Å². The summed E-state index contributed by atoms with van der Waals surface area (Å²) in [6.45, 7) is 12.7. The Labute approximate surface area is 151 Å². The van der Waals surface area contributed by atoms with Crippen molar-refractivity contribution in [1.82, 2.24) is 0 Å². The second-order valence-electron chi connectivity index (χ2n) is 7.45. The van der Waals surface area contributed by atoms with Gasteiger partial charge in [0.15, 0.2) is 0 Å². The first kappa shape index (κ1) is 19.8. The van der Waals surface area contributed by atoms with E-state index in [1.54, 1.807) is 0 Å². The molecule has 2 rings (SSSR count). The summed E-state index contributed by atoms with van der Waals surface area (Å²) >= 11 is 0. The molecule has 1 fully saturated rings. The van der Waals surface area contributed by atoms with Gasteiger partial charge in [0.05, 0.1) is 30.3 Å². The van der Waals surface area contributed by atoms with Crippen LogP contribution in [0.4, 0.5) is 0 Å². The summed E-state index contributed by atoms with van der Waals surface area (Å²) in [6, 6.07) is 7.70. The summed E-state index contributed by atoms with van der Waals surface area (Å²) in [5, 5.41) is 0. The normalized spacial score (nSPS) is 19.5. The van der Waals surface area contributed by atoms with Crippen molar-refractivity contribution in [2.45, 2.75) is 59.2 Å². The van der Waals surface area contributed by atoms with Gasteiger partial charge in [0.25, 0.3) is 0 Å². The second-order valence-corrected chi connectivity index (χ2v) is 7.45. The number of carbonyl (C=O) groups excluding carboxylic acids is 1. The molecule has 6 heteroatoms. The number of hydrogen-bond acceptors (Lipinski definition) is 5. The van der Waals surface area contributed by atoms with E-state index in [0.717, 1.165) is 11.2 Å². The van der Waals surface area contributed by atoms with Crippen LogP contribution < -0.4 is 10.2 Å². The number of benzene rings is 1. The van der Waals surface area contributed by atoms with Gasteiger partial charge in [-0.1, -0.05) is 19.1 Å². The number of hydrogen-bond donors (Lipinski definition) is 0. The Balaban J connectivity index is 1.86. The fourth-order valence-electron chi connectivity index (χ4n) is 2.46. The predicted octanol–water partition coefficient (Wildman–Crippen LogP) is 2.95. The van der Waals surface area contributed by atoms with Crippen molar-refractivity contribution in [3.05, 3.63) is 24.3 Å². The predicted molar refractivity (Wildman–Crippen MR) is 98.1 cm³/mol. The van der Waals surface area contributed by atoms with Gasteiger partial charge in [-0.3, -0.25) is 4.79 Å². The zero-order valence-electron chi connectivity index (χ0n) is 16.1. The lowest BCUT2D eigenvalue weighted by Gasteiger charge is -2.32. The Morgan fingerprint density at radius 3 is 2.20 bits per heavy atom. The second kappa shape index (κ2) is 7.79. The van der Waals surface area contributed by atoms with Crippen LogP contribution in [0, 0.1) is 5.92 Å². The fraction of sp³-hybridized carbons (Fsp3) is 0.632. The number of ether oxygens (including phenoxy) is 2. The van der Waals surface area contributed by atoms with E-state index >= 15 is 0 Å². The molecule has 1 aliphatic rings. The molecule has 1 unspecified atom stereocenters. The number of esters is 1. The minimum absolute atomic E-state index is 0.163. The van der Waals surface area contributed by atoms with Crippen LogP contribution in [0.1, 0.15) is 48.0 Å². The standard InChI is InChI=1S/C19H29BO5/c1-7-22-17(21)14(2)12-13-23-16-10-8-15(9-11-16)20-24-18(3,4)19(5,6)25-20/h8-11,14H,7,12-13H2,1-6H3. The van der Waals surface area contributed by atoms with Gasteiger partial charge in [-0.15, -0.1) is 0 Å². The fourth-order valence-corrected chi connectivity index (χ4v) is 2.46. The first-order chi connectivity index (χ1) is 11.7. The van der Waals surface area contributed by atoms with Crippen LogP contribution in [0.25, 0.3) is 0 Å². The molecule has 0 radical (unpaired) electrons. The van der Waals surface area contributed by atoms with E-state index in [1.807, 2.05) is 65.8 Å². The zero-order chi connectivity index (χ0) is 18.7. The largest absolute Gasteiger partial charge is 0.494 e. The van der Waals surface area contributed by atoms with Crippen LogP contribution in [-0.4, -0.2) is 37.5 Å². The third kappa shape index (κ3) is 4.76. The molecule has 0 bridgehead atoms. The molecule has 0 aliphatic carbocycles. The van der Waals surface area contributed by atoms with Crippen molar-refractivity contribution in [2.24, 2.45) is 5.92 Å². The van der Waals surface area contributed by atoms with Gasteiger partial charge >= 0.3 is 13.1 Å². The Morgan fingerprint density at radius 2 is 1.68 bits per heavy atom. The van der Waals surface area contributed by atoms with Gasteiger partial charge in [-0.2, -0.15) is 0 Å². The van der Waals surface area contributed by atoms with Gasteiger partial charge in [-0.05, 0) is 58.6 Å². The maximum atomic E-state index is 11.6. The molecule has 0 amide bonds. The molecule has 1 heterocycles. The molecule has 25 heavy (non-hydrogen) atoms. The molecule has 1 aromatic rings. The third-order valence-corrected chi connectivity index (χ3v) is 4.91. The lowest BCUT2D eigenvalue weighted by Crippen LogP contribution is -2.41. The summed E-state index contributed by atoms with van der Waals surface area (Å²) in [5.41, 5.74) is 0.262. The van der Waals surface area contributed by atoms with Crippen molar-refractivity contribution in [2.75, 3.05) is 13.2 Å². The van der Waals surface area contributed by atoms with Gasteiger partial charge in [0.1, 0.15) is 5.75 Å². The summed E-state index contributed by atoms with van der Waals surface area (Å²) in [7, 11) is -0.372. The van der Waals surface area contributed by atoms with Crippen LogP contribution in [-0.2, 0) is 18.8 Å². The Bertz CT molecular complexity index is 566. The maximum absolute atomic E-state index is 11.6. The molecule has 1 aliphatic heterocycles. The zero-order valence-corrected chi connectivity index (χ0v) is 16.1. The van der Waals surface area contributed by atoms with Crippen molar-refractivity contribution >= 4 is 18.6 Å². The van der Waals surface area contributed by atoms with Gasteiger partial charge in [-0.25, -0.2) is 0 Å². The summed E-state index contributed by atoms with van der Waals surface area (Å²) in [4.78, 5) is 11.6. The molecule has 0 aromatic heterocycles. The third-order valence-electron chi connectivity index (χ3n) is 4.91. The molecular formula is C19H29BO5. The van der Waals surface area contributed by atoms with Crippen molar-refractivity contribution in [3.8, 4) is 5.75 Å². The maximum Gasteiger partial charge on any atom is 0.494 e. The highest BCUT2D eigenvalue weighted by Crippen LogP contribution is 2.36. The molecule has 1 saturated heterocycles. The summed E-state index contributed by atoms with van der Waals surface area (Å²) < 4.78 is 22.8. The summed E-state index contributed by atoms with van der Waals surface area (Å²) in [5.74, 6) is 0.419. The topological polar surface area (TPSA) is 54.0 Å². The molecule has 138 valence electrons. The van der Waals surface area contributed by atoms with Gasteiger partial charge < -0.3 is 18.8 Å². The van der Waals surface area contributed by atoms with E-state index in [9.17, 15) is 4.79 Å². The molecule has 5 nitrogen and oxygen atoms in total. The van der Waals surface area contributed by atoms with E-state index in [1.165, 1.54) is 0 Å². The molecule has 0 saturated carbocycles. The van der Waals surface area contributed by atoms with Crippen molar-refractivity contribution in [3.63, 3.8) is 0 Å². The van der Waals surface area contributed by atoms with Gasteiger partial charge in [0.2, 0.25) is 0 Å². The lowest BCUT2D eigenvalue weighted by molar-refractivity contribution is -0.147. The smallest absolute Gasteiger partial charge is 0.494 e. The average molecular weight is 348 g/mol. The highest BCUT2D eigenvalue weighted by molar-refractivity contribution is 6.62. The molecule has 0 N–H and O–H groups in total. The first-order valence-electron chi connectivity index (χ1n) is 8.91. The Kier molecular flexibility index (Phi) is 6.17. The molecule has 1 atom stereocenters. The SMILES string of the molecule is CCOC(=O)C(C)CCOc1ccc(B2OC(C)(C)C(C)(C)O2)cc1. The minimum Gasteiger partial charge on any atom is -0.494 e. The van der Waals surface area contributed by atoms with E-state index in [0.29, 0.717) is 19.6 Å². The highest BCUT2D eigenvalue weighted by atomic mass is 16.7. The first-order valence-corrected chi connectivity index (χ1v) is 8.91. The van der Waals surface area contributed by atoms with Crippen LogP contribution in [0.15, 0.2) is 24.3 Å². The van der Waals surface area contributed by atoms with Crippen LogP contribution in [0.2, 0.25) is 0 Å². The molecular weight excluding hydrogens is 319 g/mol. The highest BCUT2D eigenvalue weighted by Gasteiger charge is 2.51. The van der Waals surface area contributed by atoms with Crippen molar-refractivity contribution < 1.29 is 23.6 Å². The Morgan fingerprint density at radius 1 is 1.12 bits per heavy atom. The van der Waals surface area contributed by atoms with E-state index in [4.69, 9.17) is 18.8 Å². The monoisotopic (exact) mass is 348 g/mol. The van der Waals surface area contributed by atoms with Crippen molar-refractivity contribution in [1.29, 1.82) is 0 Å². The van der Waals surface area contributed by atoms with Gasteiger partial charge in [0, 0.05) is 0 Å². The van der Waals surface area contributed by atoms with E-state index in [-0.39, 0.29) is 30.2 Å². The number of rotatable bonds is 7. The van der Waals surface area contributed by atoms with Crippen LogP contribution in [0.3, 0.4) is 0 Å². The molecule has 1 aromatic carbocycles. The quantitative estimate of drug-likeness (QED) is 0.560. The lowest BCUT2D eigenvalue weighted by atomic mass is 9.79. The number of carbonyl (C=O) groups is 1. The molecule has 0 spiro atoms. The van der Waals surface area contributed by atoms with E-state index < -0.39 is 0 Å². The van der Waals surface area contributed by atoms with E-state index in [2.05, 4.69) is 0 Å². The van der Waals surface area contributed by atoms with Crippen LogP contribution >= 0.6 is 0 Å².